The highest BCUT2D eigenvalue weighted by Gasteiger charge is 2.35. The third-order valence-corrected chi connectivity index (χ3v) is 8.34. The number of hydrogen-bond donors (Lipinski definition) is 0. The molecule has 0 spiro atoms. The molecule has 0 aliphatic carbocycles. The minimum atomic E-state index is -4.91. The fourth-order valence-corrected chi connectivity index (χ4v) is 5.71. The number of carbonyl (C=O) groups is 1. The van der Waals surface area contributed by atoms with Crippen molar-refractivity contribution in [1.29, 1.82) is 0 Å². The molecular formula is C37H41F4N3O6. The van der Waals surface area contributed by atoms with Gasteiger partial charge in [-0.1, -0.05) is 62.4 Å². The lowest BCUT2D eigenvalue weighted by molar-refractivity contribution is -0.150. The van der Waals surface area contributed by atoms with Crippen LogP contribution in [0.1, 0.15) is 67.6 Å². The van der Waals surface area contributed by atoms with Crippen molar-refractivity contribution in [3.8, 4) is 16.9 Å². The molecule has 0 fully saturated rings. The molecule has 0 radical (unpaired) electrons. The molecule has 1 aromatic heterocycles. The molecule has 0 aliphatic heterocycles. The summed E-state index contributed by atoms with van der Waals surface area (Å²) in [4.78, 5) is 46.5. The van der Waals surface area contributed by atoms with E-state index < -0.39 is 59.5 Å². The number of hydrogen-bond acceptors (Lipinski definition) is 7. The number of rotatable bonds is 13. The van der Waals surface area contributed by atoms with Crippen LogP contribution in [0.5, 0.6) is 5.75 Å². The predicted molar refractivity (Wildman–Crippen MR) is 180 cm³/mol. The number of nitrogens with zero attached hydrogens (tertiary/aromatic N) is 3. The molecule has 0 saturated heterocycles. The maximum atomic E-state index is 15.1. The van der Waals surface area contributed by atoms with Crippen molar-refractivity contribution in [2.24, 2.45) is 0 Å². The molecule has 4 aromatic rings. The molecule has 0 N–H and O–H groups in total. The number of likely N-dealkylation sites (N-methyl/N-ethyl adjacent to an activating group) is 1. The normalized spacial score (nSPS) is 12.5. The van der Waals surface area contributed by atoms with Crippen molar-refractivity contribution in [2.75, 3.05) is 20.8 Å². The summed E-state index contributed by atoms with van der Waals surface area (Å²) >= 11 is 0. The third-order valence-electron chi connectivity index (χ3n) is 8.34. The van der Waals surface area contributed by atoms with Gasteiger partial charge in [-0.25, -0.2) is 14.0 Å². The summed E-state index contributed by atoms with van der Waals surface area (Å²) in [6.45, 7) is 7.21. The number of alkyl halides is 3. The first kappa shape index (κ1) is 38.1. The van der Waals surface area contributed by atoms with E-state index >= 15 is 4.39 Å². The largest absolute Gasteiger partial charge is 0.482 e. The van der Waals surface area contributed by atoms with Gasteiger partial charge in [0, 0.05) is 23.9 Å². The van der Waals surface area contributed by atoms with Gasteiger partial charge in [0.2, 0.25) is 0 Å². The molecule has 13 heteroatoms. The average Bonchev–Trinajstić information content (AvgIpc) is 3.05. The first-order valence-electron chi connectivity index (χ1n) is 16.0. The molecule has 1 unspecified atom stereocenters. The molecule has 0 bridgehead atoms. The van der Waals surface area contributed by atoms with E-state index in [4.69, 9.17) is 14.3 Å². The van der Waals surface area contributed by atoms with Gasteiger partial charge in [0.15, 0.2) is 6.61 Å². The fourth-order valence-electron chi connectivity index (χ4n) is 5.71. The van der Waals surface area contributed by atoms with Gasteiger partial charge in [-0.3, -0.25) is 13.9 Å². The molecule has 1 atom stereocenters. The van der Waals surface area contributed by atoms with Crippen LogP contribution in [-0.4, -0.2) is 47.0 Å². The van der Waals surface area contributed by atoms with Crippen molar-refractivity contribution in [1.82, 2.24) is 14.2 Å². The first-order valence-corrected chi connectivity index (χ1v) is 16.0. The van der Waals surface area contributed by atoms with Crippen molar-refractivity contribution < 1.29 is 36.7 Å². The van der Waals surface area contributed by atoms with Gasteiger partial charge in [0.25, 0.3) is 5.56 Å². The van der Waals surface area contributed by atoms with Gasteiger partial charge >= 0.3 is 17.8 Å². The predicted octanol–water partition coefficient (Wildman–Crippen LogP) is 6.88. The zero-order chi connectivity index (χ0) is 36.9. The number of aromatic nitrogens is 2. The summed E-state index contributed by atoms with van der Waals surface area (Å²) in [5, 5.41) is 1.38. The Balaban J connectivity index is 1.96. The molecule has 0 amide bonds. The van der Waals surface area contributed by atoms with Crippen molar-refractivity contribution >= 4 is 5.97 Å². The zero-order valence-corrected chi connectivity index (χ0v) is 29.0. The van der Waals surface area contributed by atoms with E-state index in [1.165, 1.54) is 19.1 Å². The zero-order valence-electron chi connectivity index (χ0n) is 29.0. The Bertz CT molecular complexity index is 1950. The second kappa shape index (κ2) is 15.9. The maximum Gasteiger partial charge on any atom is 0.416 e. The maximum absolute atomic E-state index is 15.1. The van der Waals surface area contributed by atoms with Crippen LogP contribution >= 0.6 is 0 Å². The second-order valence-electron chi connectivity index (χ2n) is 12.4. The van der Waals surface area contributed by atoms with E-state index in [-0.39, 0.29) is 35.6 Å². The second-order valence-corrected chi connectivity index (χ2v) is 12.4. The van der Waals surface area contributed by atoms with Gasteiger partial charge in [0.1, 0.15) is 11.6 Å². The highest BCUT2D eigenvalue weighted by Crippen LogP contribution is 2.34. The van der Waals surface area contributed by atoms with Gasteiger partial charge in [0.05, 0.1) is 43.5 Å². The van der Waals surface area contributed by atoms with Crippen LogP contribution in [-0.2, 0) is 33.6 Å². The lowest BCUT2D eigenvalue weighted by atomic mass is 9.97. The number of halogens is 4. The van der Waals surface area contributed by atoms with E-state index in [2.05, 4.69) is 0 Å². The number of ether oxygens (including phenoxy) is 2. The lowest BCUT2D eigenvalue weighted by Gasteiger charge is -2.29. The quantitative estimate of drug-likeness (QED) is 0.0854. The van der Waals surface area contributed by atoms with E-state index in [1.807, 2.05) is 19.9 Å². The van der Waals surface area contributed by atoms with Crippen LogP contribution in [0.15, 0.2) is 76.3 Å². The van der Waals surface area contributed by atoms with E-state index in [0.29, 0.717) is 11.1 Å². The molecule has 4 rings (SSSR count). The number of carbonyl (C=O) groups excluding carboxylic acids is 1. The molecule has 3 aromatic carbocycles. The topological polar surface area (TPSA) is 92.0 Å². The summed E-state index contributed by atoms with van der Waals surface area (Å²) in [6.07, 6.45) is -5.27. The first-order chi connectivity index (χ1) is 23.5. The Morgan fingerprint density at radius 2 is 1.62 bits per heavy atom. The minimum absolute atomic E-state index is 0.0665. The Hall–Kier alpha value is -4.75. The van der Waals surface area contributed by atoms with Gasteiger partial charge in [-0.05, 0) is 56.0 Å². The summed E-state index contributed by atoms with van der Waals surface area (Å²) < 4.78 is 70.2. The van der Waals surface area contributed by atoms with Gasteiger partial charge in [-0.15, -0.1) is 0 Å². The summed E-state index contributed by atoms with van der Waals surface area (Å²) in [5.74, 6) is -1.44. The SMILES string of the molecule is CON(C)C(Cn1c(=O)c(-c2cccc(C(C)C)c2)c(C)n(Cc2c(F)cccc2C(F)(F)F)c1=O)c1ccccc1OCC(=O)OC(C)C. The molecule has 268 valence electrons. The number of esters is 1. The standard InChI is InChI=1S/C37H41F4N3O6/c1-22(2)25-12-10-13-26(18-25)34-24(5)43(19-28-29(37(39,40)41)15-11-16-30(28)38)36(47)44(35(34)46)20-31(42(6)48-7)27-14-8-9-17-32(27)49-21-33(45)50-23(3)4/h8-18,22-23,31H,19-21H2,1-7H3. The smallest absolute Gasteiger partial charge is 0.416 e. The van der Waals surface area contributed by atoms with Crippen molar-refractivity contribution in [2.45, 2.75) is 71.9 Å². The van der Waals surface area contributed by atoms with Crippen molar-refractivity contribution in [3.05, 3.63) is 121 Å². The van der Waals surface area contributed by atoms with Crippen LogP contribution in [0.2, 0.25) is 0 Å². The molecule has 9 nitrogen and oxygen atoms in total. The highest BCUT2D eigenvalue weighted by molar-refractivity contribution is 5.71. The van der Waals surface area contributed by atoms with Crippen molar-refractivity contribution in [3.63, 3.8) is 0 Å². The third kappa shape index (κ3) is 8.51. The Morgan fingerprint density at radius 1 is 0.940 bits per heavy atom. The molecular weight excluding hydrogens is 658 g/mol. The van der Waals surface area contributed by atoms with Crippen LogP contribution < -0.4 is 16.0 Å². The number of para-hydroxylation sites is 1. The average molecular weight is 700 g/mol. The number of benzene rings is 3. The Morgan fingerprint density at radius 3 is 2.26 bits per heavy atom. The Labute approximate surface area is 287 Å². The van der Waals surface area contributed by atoms with Crippen LogP contribution in [0.25, 0.3) is 11.1 Å². The summed E-state index contributed by atoms with van der Waals surface area (Å²) in [7, 11) is 2.95. The van der Waals surface area contributed by atoms with Crippen LogP contribution in [0, 0.1) is 12.7 Å². The summed E-state index contributed by atoms with van der Waals surface area (Å²) in [5.41, 5.74) is -1.74. The lowest BCUT2D eigenvalue weighted by Crippen LogP contribution is -2.45. The monoisotopic (exact) mass is 699 g/mol. The highest BCUT2D eigenvalue weighted by atomic mass is 19.4. The molecule has 0 aliphatic rings. The van der Waals surface area contributed by atoms with Gasteiger partial charge < -0.3 is 14.3 Å². The van der Waals surface area contributed by atoms with E-state index in [1.54, 1.807) is 63.4 Å². The fraction of sp³-hybridized carbons (Fsp3) is 0.378. The van der Waals surface area contributed by atoms with E-state index in [9.17, 15) is 27.6 Å². The van der Waals surface area contributed by atoms with Gasteiger partial charge in [-0.2, -0.15) is 18.2 Å². The molecule has 0 saturated carbocycles. The molecule has 1 heterocycles. The van der Waals surface area contributed by atoms with E-state index in [0.717, 1.165) is 32.9 Å². The number of hydroxylamine groups is 2. The summed E-state index contributed by atoms with van der Waals surface area (Å²) in [6, 6.07) is 15.4. The Kier molecular flexibility index (Phi) is 12.1. The van der Waals surface area contributed by atoms with Crippen LogP contribution in [0.3, 0.4) is 0 Å². The van der Waals surface area contributed by atoms with Crippen LogP contribution in [0.4, 0.5) is 17.6 Å². The molecule has 50 heavy (non-hydrogen) atoms. The minimum Gasteiger partial charge on any atom is -0.482 e.